The van der Waals surface area contributed by atoms with Gasteiger partial charge in [-0.05, 0) is 62.5 Å². The number of aromatic nitrogens is 3. The van der Waals surface area contributed by atoms with E-state index in [0.717, 1.165) is 49.4 Å². The monoisotopic (exact) mass is 447 g/mol. The molecule has 0 radical (unpaired) electrons. The summed E-state index contributed by atoms with van der Waals surface area (Å²) in [7, 11) is 2.14. The van der Waals surface area contributed by atoms with Crippen LogP contribution >= 0.6 is 11.3 Å². The van der Waals surface area contributed by atoms with Crippen LogP contribution in [0.25, 0.3) is 21.1 Å². The van der Waals surface area contributed by atoms with E-state index < -0.39 is 0 Å². The topological polar surface area (TPSA) is 57.2 Å². The number of hydrogen-bond acceptors (Lipinski definition) is 5. The van der Waals surface area contributed by atoms with Crippen molar-refractivity contribution in [2.75, 3.05) is 33.2 Å². The molecule has 1 saturated heterocycles. The van der Waals surface area contributed by atoms with Crippen LogP contribution in [0.2, 0.25) is 0 Å². The van der Waals surface area contributed by atoms with Gasteiger partial charge in [-0.2, -0.15) is 0 Å². The minimum atomic E-state index is 0.144. The molecule has 6 nitrogen and oxygen atoms in total. The Balaban J connectivity index is 1.13. The second-order valence-electron chi connectivity index (χ2n) is 9.32. The molecule has 2 aliphatic heterocycles. The quantitative estimate of drug-likeness (QED) is 0.517. The molecule has 1 fully saturated rings. The summed E-state index contributed by atoms with van der Waals surface area (Å²) in [6.07, 6.45) is 7.24. The number of H-pyrrole nitrogens is 1. The third-order valence-electron chi connectivity index (χ3n) is 7.32. The van der Waals surface area contributed by atoms with Gasteiger partial charge in [-0.15, -0.1) is 11.3 Å². The van der Waals surface area contributed by atoms with Crippen molar-refractivity contribution in [3.8, 4) is 0 Å². The van der Waals surface area contributed by atoms with E-state index in [1.165, 1.54) is 39.7 Å². The molecule has 0 bridgehead atoms. The van der Waals surface area contributed by atoms with Crippen LogP contribution in [-0.2, 0) is 19.5 Å². The lowest BCUT2D eigenvalue weighted by Crippen LogP contribution is -2.36. The Bertz CT molecular complexity index is 1330. The summed E-state index contributed by atoms with van der Waals surface area (Å²) < 4.78 is 1.83. The lowest BCUT2D eigenvalue weighted by atomic mass is 9.89. The van der Waals surface area contributed by atoms with Crippen LogP contribution in [0.3, 0.4) is 0 Å². The highest BCUT2D eigenvalue weighted by Gasteiger charge is 2.24. The molecule has 0 saturated carbocycles. The Morgan fingerprint density at radius 3 is 2.88 bits per heavy atom. The van der Waals surface area contributed by atoms with Gasteiger partial charge in [0.1, 0.15) is 4.83 Å². The predicted octanol–water partition coefficient (Wildman–Crippen LogP) is 3.81. The summed E-state index contributed by atoms with van der Waals surface area (Å²) >= 11 is 1.69. The maximum atomic E-state index is 13.2. The van der Waals surface area contributed by atoms with Gasteiger partial charge < -0.3 is 14.8 Å². The fourth-order valence-electron chi connectivity index (χ4n) is 5.45. The molecule has 0 aliphatic carbocycles. The van der Waals surface area contributed by atoms with Gasteiger partial charge in [-0.3, -0.25) is 9.36 Å². The molecule has 4 aromatic rings. The number of rotatable bonds is 4. The highest BCUT2D eigenvalue weighted by molar-refractivity contribution is 7.18. The molecule has 0 unspecified atom stereocenters. The van der Waals surface area contributed by atoms with Gasteiger partial charge in [0.25, 0.3) is 5.56 Å². The van der Waals surface area contributed by atoms with E-state index in [0.29, 0.717) is 12.5 Å². The Morgan fingerprint density at radius 2 is 2.00 bits per heavy atom. The molecular weight excluding hydrogens is 418 g/mol. The number of benzene rings is 1. The van der Waals surface area contributed by atoms with Crippen molar-refractivity contribution in [1.29, 1.82) is 0 Å². The van der Waals surface area contributed by atoms with E-state index >= 15 is 0 Å². The number of piperidine rings is 1. The van der Waals surface area contributed by atoms with Crippen molar-refractivity contribution in [1.82, 2.24) is 24.3 Å². The fraction of sp³-hybridized carbons (Fsp3) is 0.440. The van der Waals surface area contributed by atoms with Gasteiger partial charge in [0.2, 0.25) is 0 Å². The van der Waals surface area contributed by atoms with Gasteiger partial charge in [-0.25, -0.2) is 4.98 Å². The number of likely N-dealkylation sites (tertiary alicyclic amines) is 1. The van der Waals surface area contributed by atoms with E-state index in [1.807, 2.05) is 4.57 Å². The molecule has 0 spiro atoms. The number of nitrogens with zero attached hydrogens (tertiary/aromatic N) is 4. The Hall–Kier alpha value is -2.48. The van der Waals surface area contributed by atoms with E-state index in [-0.39, 0.29) is 5.56 Å². The number of thiophene rings is 1. The zero-order valence-corrected chi connectivity index (χ0v) is 19.3. The fourth-order valence-corrected chi connectivity index (χ4v) is 6.71. The van der Waals surface area contributed by atoms with Crippen LogP contribution in [-0.4, -0.2) is 57.6 Å². The van der Waals surface area contributed by atoms with Crippen LogP contribution in [0.5, 0.6) is 0 Å². The zero-order chi connectivity index (χ0) is 21.7. The van der Waals surface area contributed by atoms with E-state index in [1.54, 1.807) is 17.7 Å². The molecule has 1 N–H and O–H groups in total. The van der Waals surface area contributed by atoms with Crippen molar-refractivity contribution < 1.29 is 0 Å². The van der Waals surface area contributed by atoms with Gasteiger partial charge in [-0.1, -0.05) is 18.2 Å². The number of likely N-dealkylation sites (N-methyl/N-ethyl adjacent to an activating group) is 1. The van der Waals surface area contributed by atoms with Crippen LogP contribution in [0.4, 0.5) is 0 Å². The van der Waals surface area contributed by atoms with Crippen molar-refractivity contribution in [3.05, 3.63) is 63.1 Å². The average Bonchev–Trinajstić information content (AvgIpc) is 3.40. The number of hydrogen-bond donors (Lipinski definition) is 1. The molecule has 3 aromatic heterocycles. The summed E-state index contributed by atoms with van der Waals surface area (Å²) in [5, 5.41) is 2.24. The molecule has 5 heterocycles. The molecule has 0 atom stereocenters. The van der Waals surface area contributed by atoms with Gasteiger partial charge in [0.15, 0.2) is 0 Å². The second-order valence-corrected chi connectivity index (χ2v) is 10.4. The SMILES string of the molecule is CN1CCc2c(sc3ncn(CCN4CCC(c5c[nH]c6ccccc56)CC4)c(=O)c23)C1. The smallest absolute Gasteiger partial charge is 0.262 e. The first-order valence-electron chi connectivity index (χ1n) is 11.6. The standard InChI is InChI=1S/C25H29N5OS/c1-28-9-8-19-22(15-28)32-24-23(19)25(31)30(16-27-24)13-12-29-10-6-17(7-11-29)20-14-26-21-5-3-2-4-18(20)21/h2-5,14,16-17,26H,6-13,15H2,1H3. The molecular formula is C25H29N5OS. The first kappa shape index (κ1) is 20.1. The van der Waals surface area contributed by atoms with Gasteiger partial charge >= 0.3 is 0 Å². The van der Waals surface area contributed by atoms with Gasteiger partial charge in [0, 0.05) is 48.2 Å². The number of nitrogens with one attached hydrogen (secondary N) is 1. The zero-order valence-electron chi connectivity index (χ0n) is 18.5. The van der Waals surface area contributed by atoms with E-state index in [9.17, 15) is 4.79 Å². The van der Waals surface area contributed by atoms with E-state index in [4.69, 9.17) is 0 Å². The molecule has 7 heteroatoms. The summed E-state index contributed by atoms with van der Waals surface area (Å²) in [6, 6.07) is 8.59. The summed E-state index contributed by atoms with van der Waals surface area (Å²) in [4.78, 5) is 28.4. The molecule has 0 amide bonds. The Labute approximate surface area is 191 Å². The van der Waals surface area contributed by atoms with Crippen LogP contribution in [0, 0.1) is 0 Å². The molecule has 32 heavy (non-hydrogen) atoms. The van der Waals surface area contributed by atoms with Crippen molar-refractivity contribution in [2.45, 2.75) is 38.3 Å². The second kappa shape index (κ2) is 8.14. The van der Waals surface area contributed by atoms with Crippen LogP contribution in [0.15, 0.2) is 41.6 Å². The summed E-state index contributed by atoms with van der Waals surface area (Å²) in [6.45, 7) is 5.72. The van der Waals surface area contributed by atoms with Crippen molar-refractivity contribution in [3.63, 3.8) is 0 Å². The molecule has 2 aliphatic rings. The third-order valence-corrected chi connectivity index (χ3v) is 8.45. The highest BCUT2D eigenvalue weighted by atomic mass is 32.1. The number of fused-ring (bicyclic) bond motifs is 4. The van der Waals surface area contributed by atoms with Crippen molar-refractivity contribution >= 4 is 32.5 Å². The highest BCUT2D eigenvalue weighted by Crippen LogP contribution is 2.33. The van der Waals surface area contributed by atoms with E-state index in [2.05, 4.69) is 57.3 Å². The third kappa shape index (κ3) is 3.49. The maximum Gasteiger partial charge on any atom is 0.262 e. The summed E-state index contributed by atoms with van der Waals surface area (Å²) in [5.74, 6) is 0.610. The van der Waals surface area contributed by atoms with Gasteiger partial charge in [0.05, 0.1) is 11.7 Å². The number of para-hydroxylation sites is 1. The average molecular weight is 448 g/mol. The molecule has 1 aromatic carbocycles. The lowest BCUT2D eigenvalue weighted by Gasteiger charge is -2.32. The minimum absolute atomic E-state index is 0.144. The Kier molecular flexibility index (Phi) is 5.12. The van der Waals surface area contributed by atoms with Crippen LogP contribution in [0.1, 0.15) is 34.8 Å². The molecule has 6 rings (SSSR count). The predicted molar refractivity (Wildman–Crippen MR) is 131 cm³/mol. The lowest BCUT2D eigenvalue weighted by molar-refractivity contribution is 0.205. The maximum absolute atomic E-state index is 13.2. The largest absolute Gasteiger partial charge is 0.361 e. The Morgan fingerprint density at radius 1 is 1.16 bits per heavy atom. The minimum Gasteiger partial charge on any atom is -0.361 e. The van der Waals surface area contributed by atoms with Crippen LogP contribution < -0.4 is 5.56 Å². The first-order chi connectivity index (χ1) is 15.7. The summed E-state index contributed by atoms with van der Waals surface area (Å²) in [5.41, 5.74) is 4.08. The number of aromatic amines is 1. The van der Waals surface area contributed by atoms with Crippen molar-refractivity contribution in [2.24, 2.45) is 0 Å². The molecule has 166 valence electrons. The first-order valence-corrected chi connectivity index (χ1v) is 12.5. The normalized spacial score (nSPS) is 18.5.